The van der Waals surface area contributed by atoms with Gasteiger partial charge in [-0.2, -0.15) is 0 Å². The van der Waals surface area contributed by atoms with E-state index >= 15 is 0 Å². The van der Waals surface area contributed by atoms with Crippen LogP contribution < -0.4 is 10.2 Å². The Labute approximate surface area is 118 Å². The Hall–Kier alpha value is -1.09. The van der Waals surface area contributed by atoms with Gasteiger partial charge >= 0.3 is 0 Å². The van der Waals surface area contributed by atoms with E-state index in [0.29, 0.717) is 6.04 Å². The molecule has 0 aromatic carbocycles. The second-order valence-electron chi connectivity index (χ2n) is 5.30. The van der Waals surface area contributed by atoms with E-state index in [1.54, 1.807) is 0 Å². The smallest absolute Gasteiger partial charge is 0.128 e. The van der Waals surface area contributed by atoms with Crippen LogP contribution in [0.25, 0.3) is 0 Å². The molecule has 0 radical (unpaired) electrons. The highest BCUT2D eigenvalue weighted by molar-refractivity contribution is 5.40. The van der Waals surface area contributed by atoms with Crippen LogP contribution in [0.4, 0.5) is 5.82 Å². The van der Waals surface area contributed by atoms with E-state index in [2.05, 4.69) is 55.0 Å². The quantitative estimate of drug-likeness (QED) is 0.690. The van der Waals surface area contributed by atoms with E-state index in [1.807, 2.05) is 6.20 Å². The highest BCUT2D eigenvalue weighted by Gasteiger charge is 2.11. The number of pyridine rings is 1. The first-order chi connectivity index (χ1) is 9.19. The minimum atomic E-state index is 0.504. The summed E-state index contributed by atoms with van der Waals surface area (Å²) in [5.41, 5.74) is 1.25. The first kappa shape index (κ1) is 16.0. The number of unbranched alkanes of at least 4 members (excludes halogenated alkanes) is 2. The lowest BCUT2D eigenvalue weighted by Gasteiger charge is -2.28. The molecular formula is C16H29N3. The molecule has 0 aliphatic carbocycles. The van der Waals surface area contributed by atoms with Crippen LogP contribution >= 0.6 is 0 Å². The molecule has 0 saturated carbocycles. The normalized spacial score (nSPS) is 11.0. The van der Waals surface area contributed by atoms with Crippen LogP contribution in [0.3, 0.4) is 0 Å². The molecule has 3 heteroatoms. The Morgan fingerprint density at radius 2 is 2.00 bits per heavy atom. The van der Waals surface area contributed by atoms with Crippen molar-refractivity contribution in [2.45, 2.75) is 59.5 Å². The Kier molecular flexibility index (Phi) is 7.49. The molecule has 0 unspecified atom stereocenters. The maximum absolute atomic E-state index is 4.62. The molecule has 108 valence electrons. The van der Waals surface area contributed by atoms with Gasteiger partial charge in [0.2, 0.25) is 0 Å². The van der Waals surface area contributed by atoms with Gasteiger partial charge in [0.05, 0.1) is 0 Å². The molecule has 1 N–H and O–H groups in total. The van der Waals surface area contributed by atoms with Crippen LogP contribution in [0.2, 0.25) is 0 Å². The highest BCUT2D eigenvalue weighted by Crippen LogP contribution is 2.15. The number of nitrogens with one attached hydrogen (secondary N) is 1. The van der Waals surface area contributed by atoms with Gasteiger partial charge in [-0.3, -0.25) is 0 Å². The second kappa shape index (κ2) is 8.92. The SMILES string of the molecule is CCCCCN(c1ccc(CNCC)cn1)C(C)C. The van der Waals surface area contributed by atoms with Crippen LogP contribution in [0.15, 0.2) is 18.3 Å². The first-order valence-corrected chi connectivity index (χ1v) is 7.61. The Morgan fingerprint density at radius 3 is 2.53 bits per heavy atom. The standard InChI is InChI=1S/C16H29N3/c1-5-7-8-11-19(14(3)4)16-10-9-15(13-18-16)12-17-6-2/h9-10,13-14,17H,5-8,11-12H2,1-4H3. The fourth-order valence-corrected chi connectivity index (χ4v) is 2.13. The molecule has 0 aliphatic rings. The molecule has 0 bridgehead atoms. The van der Waals surface area contributed by atoms with Gasteiger partial charge in [0.25, 0.3) is 0 Å². The lowest BCUT2D eigenvalue weighted by atomic mass is 10.2. The lowest BCUT2D eigenvalue weighted by molar-refractivity contribution is 0.619. The maximum Gasteiger partial charge on any atom is 0.128 e. The third-order valence-corrected chi connectivity index (χ3v) is 3.31. The van der Waals surface area contributed by atoms with Crippen LogP contribution in [-0.2, 0) is 6.54 Å². The largest absolute Gasteiger partial charge is 0.354 e. The van der Waals surface area contributed by atoms with Gasteiger partial charge in [-0.1, -0.05) is 32.8 Å². The summed E-state index contributed by atoms with van der Waals surface area (Å²) >= 11 is 0. The molecule has 3 nitrogen and oxygen atoms in total. The van der Waals surface area contributed by atoms with Gasteiger partial charge in [0, 0.05) is 25.3 Å². The summed E-state index contributed by atoms with van der Waals surface area (Å²) in [5.74, 6) is 1.10. The third-order valence-electron chi connectivity index (χ3n) is 3.31. The van der Waals surface area contributed by atoms with Crippen molar-refractivity contribution >= 4 is 5.82 Å². The second-order valence-corrected chi connectivity index (χ2v) is 5.30. The molecule has 0 atom stereocenters. The topological polar surface area (TPSA) is 28.2 Å². The lowest BCUT2D eigenvalue weighted by Crippen LogP contribution is -2.32. The van der Waals surface area contributed by atoms with Gasteiger partial charge < -0.3 is 10.2 Å². The van der Waals surface area contributed by atoms with Crippen molar-refractivity contribution in [3.63, 3.8) is 0 Å². The van der Waals surface area contributed by atoms with E-state index in [1.165, 1.54) is 24.8 Å². The van der Waals surface area contributed by atoms with Gasteiger partial charge in [0.1, 0.15) is 5.82 Å². The molecule has 19 heavy (non-hydrogen) atoms. The van der Waals surface area contributed by atoms with Gasteiger partial charge in [-0.25, -0.2) is 4.98 Å². The third kappa shape index (κ3) is 5.60. The number of nitrogens with zero attached hydrogens (tertiary/aromatic N) is 2. The number of rotatable bonds is 9. The van der Waals surface area contributed by atoms with Crippen molar-refractivity contribution in [3.05, 3.63) is 23.9 Å². The fraction of sp³-hybridized carbons (Fsp3) is 0.688. The summed E-state index contributed by atoms with van der Waals surface area (Å²) in [7, 11) is 0. The zero-order valence-electron chi connectivity index (χ0n) is 12.9. The summed E-state index contributed by atoms with van der Waals surface area (Å²) < 4.78 is 0. The molecule has 0 fully saturated rings. The van der Waals surface area contributed by atoms with Crippen molar-refractivity contribution in [3.8, 4) is 0 Å². The van der Waals surface area contributed by atoms with Crippen molar-refractivity contribution < 1.29 is 0 Å². The van der Waals surface area contributed by atoms with Crippen molar-refractivity contribution in [2.24, 2.45) is 0 Å². The minimum Gasteiger partial charge on any atom is -0.354 e. The Morgan fingerprint density at radius 1 is 1.21 bits per heavy atom. The Balaban J connectivity index is 2.63. The van der Waals surface area contributed by atoms with E-state index < -0.39 is 0 Å². The van der Waals surface area contributed by atoms with Crippen molar-refractivity contribution in [1.29, 1.82) is 0 Å². The van der Waals surface area contributed by atoms with Crippen molar-refractivity contribution in [2.75, 3.05) is 18.0 Å². The molecule has 1 rings (SSSR count). The number of hydrogen-bond donors (Lipinski definition) is 1. The zero-order chi connectivity index (χ0) is 14.1. The predicted octanol–water partition coefficient (Wildman–Crippen LogP) is 3.60. The van der Waals surface area contributed by atoms with Crippen LogP contribution in [0, 0.1) is 0 Å². The summed E-state index contributed by atoms with van der Waals surface area (Å²) in [5, 5.41) is 3.32. The van der Waals surface area contributed by atoms with E-state index in [0.717, 1.165) is 25.5 Å². The number of anilines is 1. The summed E-state index contributed by atoms with van der Waals surface area (Å²) in [6.45, 7) is 11.8. The molecule has 0 saturated heterocycles. The Bertz CT molecular complexity index is 332. The minimum absolute atomic E-state index is 0.504. The average Bonchev–Trinajstić information content (AvgIpc) is 2.42. The summed E-state index contributed by atoms with van der Waals surface area (Å²) in [4.78, 5) is 7.01. The molecule has 0 aliphatic heterocycles. The predicted molar refractivity (Wildman–Crippen MR) is 83.6 cm³/mol. The van der Waals surface area contributed by atoms with Crippen LogP contribution in [0.5, 0.6) is 0 Å². The molecule has 1 heterocycles. The number of hydrogen-bond acceptors (Lipinski definition) is 3. The van der Waals surface area contributed by atoms with Crippen molar-refractivity contribution in [1.82, 2.24) is 10.3 Å². The first-order valence-electron chi connectivity index (χ1n) is 7.61. The van der Waals surface area contributed by atoms with Gasteiger partial charge in [-0.05, 0) is 38.4 Å². The van der Waals surface area contributed by atoms with E-state index in [9.17, 15) is 0 Å². The average molecular weight is 263 g/mol. The molecule has 1 aromatic rings. The monoisotopic (exact) mass is 263 g/mol. The zero-order valence-corrected chi connectivity index (χ0v) is 12.9. The molecule has 0 spiro atoms. The van der Waals surface area contributed by atoms with Gasteiger partial charge in [0.15, 0.2) is 0 Å². The highest BCUT2D eigenvalue weighted by atomic mass is 15.2. The number of aromatic nitrogens is 1. The summed E-state index contributed by atoms with van der Waals surface area (Å²) in [6.07, 6.45) is 5.80. The fourth-order valence-electron chi connectivity index (χ4n) is 2.13. The molecule has 1 aromatic heterocycles. The molecule has 0 amide bonds. The maximum atomic E-state index is 4.62. The van der Waals surface area contributed by atoms with Crippen LogP contribution in [0.1, 0.15) is 52.5 Å². The molecular weight excluding hydrogens is 234 g/mol. The summed E-state index contributed by atoms with van der Waals surface area (Å²) in [6, 6.07) is 4.84. The van der Waals surface area contributed by atoms with Crippen LogP contribution in [-0.4, -0.2) is 24.1 Å². The van der Waals surface area contributed by atoms with E-state index in [4.69, 9.17) is 0 Å². The van der Waals surface area contributed by atoms with Gasteiger partial charge in [-0.15, -0.1) is 0 Å². The van der Waals surface area contributed by atoms with E-state index in [-0.39, 0.29) is 0 Å².